The monoisotopic (exact) mass is 518 g/mol. The van der Waals surface area contributed by atoms with Gasteiger partial charge in [-0.1, -0.05) is 30.3 Å². The van der Waals surface area contributed by atoms with Crippen LogP contribution in [0.1, 0.15) is 37.9 Å². The number of carbonyl (C=O) groups excluding carboxylic acids is 2. The SMILES string of the molecule is C[C@@H]1[C@H](c2ccccc2)OC(=O)N1CCCOc1ccc(S(=O)(=O)C2(C(=O)NO)CCOCC2)cc1. The molecule has 2 aromatic rings. The topological polar surface area (TPSA) is 131 Å². The van der Waals surface area contributed by atoms with Crippen molar-refractivity contribution >= 4 is 21.8 Å². The Balaban J connectivity index is 1.33. The lowest BCUT2D eigenvalue weighted by Gasteiger charge is -2.34. The Morgan fingerprint density at radius 3 is 2.44 bits per heavy atom. The van der Waals surface area contributed by atoms with Gasteiger partial charge in [-0.05, 0) is 56.0 Å². The first kappa shape index (κ1) is 25.9. The first-order valence-corrected chi connectivity index (χ1v) is 13.3. The van der Waals surface area contributed by atoms with Crippen LogP contribution in [0.5, 0.6) is 5.75 Å². The van der Waals surface area contributed by atoms with Gasteiger partial charge in [0.1, 0.15) is 11.9 Å². The molecule has 2 fully saturated rings. The van der Waals surface area contributed by atoms with E-state index in [0.29, 0.717) is 25.3 Å². The summed E-state index contributed by atoms with van der Waals surface area (Å²) >= 11 is 0. The molecule has 0 radical (unpaired) electrons. The van der Waals surface area contributed by atoms with Crippen molar-refractivity contribution in [2.45, 2.75) is 48.0 Å². The van der Waals surface area contributed by atoms with Gasteiger partial charge >= 0.3 is 6.09 Å². The summed E-state index contributed by atoms with van der Waals surface area (Å²) in [6.45, 7) is 2.92. The number of hydroxylamine groups is 1. The molecule has 2 amide bonds. The fraction of sp³-hybridized carbons (Fsp3) is 0.440. The van der Waals surface area contributed by atoms with E-state index in [1.807, 2.05) is 37.3 Å². The van der Waals surface area contributed by atoms with Crippen molar-refractivity contribution in [2.24, 2.45) is 0 Å². The molecule has 4 rings (SSSR count). The fourth-order valence-electron chi connectivity index (χ4n) is 4.68. The third kappa shape index (κ3) is 4.91. The van der Waals surface area contributed by atoms with Crippen molar-refractivity contribution < 1.29 is 37.4 Å². The van der Waals surface area contributed by atoms with Crippen LogP contribution < -0.4 is 10.2 Å². The van der Waals surface area contributed by atoms with E-state index >= 15 is 0 Å². The van der Waals surface area contributed by atoms with E-state index in [4.69, 9.17) is 19.4 Å². The fourth-order valence-corrected chi connectivity index (χ4v) is 6.61. The lowest BCUT2D eigenvalue weighted by atomic mass is 9.98. The van der Waals surface area contributed by atoms with Crippen molar-refractivity contribution in [2.75, 3.05) is 26.4 Å². The Hall–Kier alpha value is -3.15. The molecular weight excluding hydrogens is 488 g/mol. The third-order valence-electron chi connectivity index (χ3n) is 6.80. The second-order valence-electron chi connectivity index (χ2n) is 8.87. The van der Waals surface area contributed by atoms with Crippen LogP contribution >= 0.6 is 0 Å². The predicted molar refractivity (Wildman–Crippen MR) is 128 cm³/mol. The van der Waals surface area contributed by atoms with E-state index in [0.717, 1.165) is 5.56 Å². The summed E-state index contributed by atoms with van der Waals surface area (Å²) in [5.74, 6) is -0.504. The normalized spacial score (nSPS) is 21.6. The van der Waals surface area contributed by atoms with Gasteiger partial charge in [-0.25, -0.2) is 18.7 Å². The molecule has 11 heteroatoms. The molecule has 0 aromatic heterocycles. The Kier molecular flexibility index (Phi) is 7.82. The van der Waals surface area contributed by atoms with Crippen LogP contribution in [0.4, 0.5) is 4.79 Å². The van der Waals surface area contributed by atoms with E-state index in [9.17, 15) is 18.0 Å². The molecule has 2 N–H and O–H groups in total. The molecule has 2 atom stereocenters. The van der Waals surface area contributed by atoms with Crippen LogP contribution in [-0.2, 0) is 24.1 Å². The first-order chi connectivity index (χ1) is 17.3. The minimum atomic E-state index is -4.09. The van der Waals surface area contributed by atoms with Gasteiger partial charge in [-0.15, -0.1) is 0 Å². The van der Waals surface area contributed by atoms with Crippen LogP contribution in [0.2, 0.25) is 0 Å². The number of sulfone groups is 1. The standard InChI is InChI=1S/C25H30N2O8S/c1-18-22(19-6-3-2-4-7-19)35-24(29)27(18)14-5-15-34-20-8-10-21(11-9-20)36(31,32)25(23(28)26-30)12-16-33-17-13-25/h2-4,6-11,18,22,30H,5,12-17H2,1H3,(H,26,28)/t18-,22-/m1/s1. The summed E-state index contributed by atoms with van der Waals surface area (Å²) in [5, 5.41) is 9.15. The van der Waals surface area contributed by atoms with Crippen molar-refractivity contribution in [1.82, 2.24) is 10.4 Å². The zero-order chi connectivity index (χ0) is 25.8. The van der Waals surface area contributed by atoms with Gasteiger partial charge in [0.25, 0.3) is 5.91 Å². The van der Waals surface area contributed by atoms with E-state index in [1.165, 1.54) is 29.7 Å². The molecule has 0 spiro atoms. The van der Waals surface area contributed by atoms with Crippen molar-refractivity contribution in [1.29, 1.82) is 0 Å². The lowest BCUT2D eigenvalue weighted by Crippen LogP contribution is -2.54. The number of cyclic esters (lactones) is 1. The highest BCUT2D eigenvalue weighted by atomic mass is 32.2. The number of rotatable bonds is 9. The van der Waals surface area contributed by atoms with E-state index < -0.39 is 20.5 Å². The van der Waals surface area contributed by atoms with Gasteiger partial charge in [0.2, 0.25) is 0 Å². The molecule has 0 saturated carbocycles. The Morgan fingerprint density at radius 1 is 1.14 bits per heavy atom. The molecule has 2 heterocycles. The molecule has 2 saturated heterocycles. The highest BCUT2D eigenvalue weighted by Gasteiger charge is 2.52. The average Bonchev–Trinajstić information content (AvgIpc) is 3.20. The van der Waals surface area contributed by atoms with Crippen LogP contribution in [0.25, 0.3) is 0 Å². The van der Waals surface area contributed by atoms with Crippen molar-refractivity contribution in [3.63, 3.8) is 0 Å². The molecule has 2 aromatic carbocycles. The molecular formula is C25H30N2O8S. The van der Waals surface area contributed by atoms with E-state index in [-0.39, 0.29) is 49.2 Å². The highest BCUT2D eigenvalue weighted by Crippen LogP contribution is 2.36. The largest absolute Gasteiger partial charge is 0.494 e. The lowest BCUT2D eigenvalue weighted by molar-refractivity contribution is -0.134. The predicted octanol–water partition coefficient (Wildman–Crippen LogP) is 2.87. The molecule has 0 aliphatic carbocycles. The van der Waals surface area contributed by atoms with Crippen LogP contribution in [0.15, 0.2) is 59.5 Å². The summed E-state index contributed by atoms with van der Waals surface area (Å²) < 4.78 is 41.3. The number of amides is 2. The summed E-state index contributed by atoms with van der Waals surface area (Å²) in [6.07, 6.45) is -0.230. The quantitative estimate of drug-likeness (QED) is 0.294. The zero-order valence-electron chi connectivity index (χ0n) is 20.0. The molecule has 0 bridgehead atoms. The number of nitrogens with zero attached hydrogens (tertiary/aromatic N) is 1. The van der Waals surface area contributed by atoms with Crippen LogP contribution in [0.3, 0.4) is 0 Å². The molecule has 2 aliphatic heterocycles. The van der Waals surface area contributed by atoms with Gasteiger partial charge in [0.05, 0.1) is 17.5 Å². The van der Waals surface area contributed by atoms with Gasteiger partial charge in [-0.2, -0.15) is 0 Å². The summed E-state index contributed by atoms with van der Waals surface area (Å²) in [5.41, 5.74) is 2.45. The summed E-state index contributed by atoms with van der Waals surface area (Å²) in [4.78, 5) is 26.3. The van der Waals surface area contributed by atoms with Crippen LogP contribution in [0, 0.1) is 0 Å². The van der Waals surface area contributed by atoms with Gasteiger partial charge in [0, 0.05) is 19.8 Å². The second-order valence-corrected chi connectivity index (χ2v) is 11.1. The van der Waals surface area contributed by atoms with Crippen molar-refractivity contribution in [3.8, 4) is 5.75 Å². The van der Waals surface area contributed by atoms with Crippen molar-refractivity contribution in [3.05, 3.63) is 60.2 Å². The van der Waals surface area contributed by atoms with Crippen LogP contribution in [-0.4, -0.2) is 67.7 Å². The number of nitrogens with one attached hydrogen (secondary N) is 1. The molecule has 0 unspecified atom stereocenters. The Labute approximate surface area is 210 Å². The number of carbonyl (C=O) groups is 2. The maximum Gasteiger partial charge on any atom is 0.410 e. The Morgan fingerprint density at radius 2 is 1.81 bits per heavy atom. The van der Waals surface area contributed by atoms with Gasteiger partial charge in [0.15, 0.2) is 14.6 Å². The Bertz CT molecular complexity index is 1160. The minimum absolute atomic E-state index is 0.0408. The maximum atomic E-state index is 13.3. The molecule has 194 valence electrons. The van der Waals surface area contributed by atoms with E-state index in [1.54, 1.807) is 4.90 Å². The highest BCUT2D eigenvalue weighted by molar-refractivity contribution is 7.93. The number of hydrogen-bond acceptors (Lipinski definition) is 8. The third-order valence-corrected chi connectivity index (χ3v) is 9.31. The smallest absolute Gasteiger partial charge is 0.410 e. The van der Waals surface area contributed by atoms with Gasteiger partial charge < -0.3 is 19.1 Å². The molecule has 2 aliphatic rings. The van der Waals surface area contributed by atoms with Gasteiger partial charge in [-0.3, -0.25) is 10.0 Å². The number of benzene rings is 2. The molecule has 36 heavy (non-hydrogen) atoms. The number of hydrogen-bond donors (Lipinski definition) is 2. The first-order valence-electron chi connectivity index (χ1n) is 11.8. The summed E-state index contributed by atoms with van der Waals surface area (Å²) in [7, 11) is -4.09. The maximum absolute atomic E-state index is 13.3. The number of ether oxygens (including phenoxy) is 3. The average molecular weight is 519 g/mol. The minimum Gasteiger partial charge on any atom is -0.494 e. The summed E-state index contributed by atoms with van der Waals surface area (Å²) in [6, 6.07) is 15.3. The zero-order valence-corrected chi connectivity index (χ0v) is 20.8. The van der Waals surface area contributed by atoms with E-state index in [2.05, 4.69) is 0 Å². The second kappa shape index (κ2) is 10.9. The molecule has 10 nitrogen and oxygen atoms in total.